The summed E-state index contributed by atoms with van der Waals surface area (Å²) in [6, 6.07) is 1.95. The van der Waals surface area contributed by atoms with Crippen LogP contribution in [-0.2, 0) is 13.6 Å². The molecule has 0 bridgehead atoms. The molecule has 7 heteroatoms. The molecular weight excluding hydrogens is 230 g/mol. The number of imidazole rings is 1. The molecule has 3 aromatic rings. The highest BCUT2D eigenvalue weighted by Crippen LogP contribution is 2.15. The zero-order valence-corrected chi connectivity index (χ0v) is 9.91. The molecule has 3 heterocycles. The second-order valence-corrected chi connectivity index (χ2v) is 3.97. The number of nitrogens with zero attached hydrogens (tertiary/aromatic N) is 5. The lowest BCUT2D eigenvalue weighted by molar-refractivity contribution is 0.720. The molecule has 0 unspecified atom stereocenters. The average Bonchev–Trinajstić information content (AvgIpc) is 2.94. The lowest BCUT2D eigenvalue weighted by Gasteiger charge is -2.08. The van der Waals surface area contributed by atoms with Crippen molar-refractivity contribution in [3.63, 3.8) is 0 Å². The first-order valence-electron chi connectivity index (χ1n) is 5.54. The molecular formula is C11H13N7. The number of anilines is 2. The first kappa shape index (κ1) is 10.6. The normalized spacial score (nSPS) is 10.9. The third-order valence-electron chi connectivity index (χ3n) is 2.75. The highest BCUT2D eigenvalue weighted by atomic mass is 15.3. The summed E-state index contributed by atoms with van der Waals surface area (Å²) in [4.78, 5) is 8.50. The summed E-state index contributed by atoms with van der Waals surface area (Å²) in [6.45, 7) is 0.621. The van der Waals surface area contributed by atoms with Crippen LogP contribution < -0.4 is 11.1 Å². The van der Waals surface area contributed by atoms with Crippen LogP contribution in [0.15, 0.2) is 30.9 Å². The fraction of sp³-hybridized carbons (Fsp3) is 0.182. The Hall–Kier alpha value is -2.57. The Labute approximate surface area is 103 Å². The maximum atomic E-state index is 5.75. The van der Waals surface area contributed by atoms with Crippen molar-refractivity contribution in [2.45, 2.75) is 6.54 Å². The van der Waals surface area contributed by atoms with Crippen molar-refractivity contribution < 1.29 is 0 Å². The number of nitrogens with two attached hydrogens (primary N) is 1. The molecule has 0 aliphatic carbocycles. The Kier molecular flexibility index (Phi) is 2.36. The quantitative estimate of drug-likeness (QED) is 0.705. The number of aryl methyl sites for hydroxylation is 1. The van der Waals surface area contributed by atoms with E-state index in [2.05, 4.69) is 20.4 Å². The molecule has 0 saturated heterocycles. The van der Waals surface area contributed by atoms with Gasteiger partial charge in [0.15, 0.2) is 11.5 Å². The van der Waals surface area contributed by atoms with E-state index in [4.69, 9.17) is 5.73 Å². The first-order valence-corrected chi connectivity index (χ1v) is 5.54. The Morgan fingerprint density at radius 2 is 2.28 bits per heavy atom. The number of aromatic nitrogens is 5. The van der Waals surface area contributed by atoms with Crippen LogP contribution in [0.2, 0.25) is 0 Å². The highest BCUT2D eigenvalue weighted by Gasteiger charge is 2.06. The van der Waals surface area contributed by atoms with Gasteiger partial charge >= 0.3 is 0 Å². The number of nitrogen functional groups attached to an aromatic ring is 1. The van der Waals surface area contributed by atoms with Gasteiger partial charge in [0.05, 0.1) is 18.4 Å². The first-order chi connectivity index (χ1) is 8.74. The fourth-order valence-electron chi connectivity index (χ4n) is 1.82. The third-order valence-corrected chi connectivity index (χ3v) is 2.75. The molecule has 92 valence electrons. The van der Waals surface area contributed by atoms with Crippen molar-refractivity contribution in [1.82, 2.24) is 24.1 Å². The zero-order valence-electron chi connectivity index (χ0n) is 9.91. The van der Waals surface area contributed by atoms with E-state index in [1.165, 1.54) is 0 Å². The second-order valence-electron chi connectivity index (χ2n) is 3.97. The molecule has 0 radical (unpaired) electrons. The Balaban J connectivity index is 1.90. The van der Waals surface area contributed by atoms with Gasteiger partial charge < -0.3 is 15.5 Å². The van der Waals surface area contributed by atoms with E-state index in [9.17, 15) is 0 Å². The molecule has 3 N–H and O–H groups in total. The van der Waals surface area contributed by atoms with Gasteiger partial charge in [0, 0.05) is 25.6 Å². The van der Waals surface area contributed by atoms with Crippen LogP contribution in [0.5, 0.6) is 0 Å². The number of nitrogens with one attached hydrogen (secondary N) is 1. The number of hydrogen-bond donors (Lipinski definition) is 2. The van der Waals surface area contributed by atoms with Gasteiger partial charge in [0.1, 0.15) is 5.82 Å². The zero-order chi connectivity index (χ0) is 12.5. The molecule has 7 nitrogen and oxygen atoms in total. The molecule has 0 aliphatic heterocycles. The maximum absolute atomic E-state index is 5.75. The minimum Gasteiger partial charge on any atom is -0.382 e. The summed E-state index contributed by atoms with van der Waals surface area (Å²) in [5.74, 6) is 1.12. The predicted molar refractivity (Wildman–Crippen MR) is 67.9 cm³/mol. The van der Waals surface area contributed by atoms with Gasteiger partial charge in [-0.15, -0.1) is 0 Å². The summed E-state index contributed by atoms with van der Waals surface area (Å²) in [6.07, 6.45) is 7.04. The molecule has 0 aromatic carbocycles. The standard InChI is InChI=1S/C11H13N7/c1-17-8(2-3-15-17)6-14-10-11-13-4-5-18(11)7-9(12)16-10/h2-5,7H,6,12H2,1H3,(H,14,16). The van der Waals surface area contributed by atoms with Gasteiger partial charge in [-0.05, 0) is 6.07 Å². The van der Waals surface area contributed by atoms with Crippen molar-refractivity contribution in [3.8, 4) is 0 Å². The molecule has 3 rings (SSSR count). The Morgan fingerprint density at radius 3 is 3.06 bits per heavy atom. The highest BCUT2D eigenvalue weighted by molar-refractivity contribution is 5.64. The van der Waals surface area contributed by atoms with Gasteiger partial charge in [0.25, 0.3) is 0 Å². The predicted octanol–water partition coefficient (Wildman–Crippen LogP) is 0.657. The van der Waals surface area contributed by atoms with Gasteiger partial charge in [-0.25, -0.2) is 9.97 Å². The van der Waals surface area contributed by atoms with Crippen molar-refractivity contribution >= 4 is 17.3 Å². The van der Waals surface area contributed by atoms with Crippen molar-refractivity contribution in [1.29, 1.82) is 0 Å². The smallest absolute Gasteiger partial charge is 0.180 e. The van der Waals surface area contributed by atoms with Gasteiger partial charge in [-0.2, -0.15) is 5.10 Å². The summed E-state index contributed by atoms with van der Waals surface area (Å²) in [5.41, 5.74) is 7.56. The monoisotopic (exact) mass is 243 g/mol. The largest absolute Gasteiger partial charge is 0.382 e. The van der Waals surface area contributed by atoms with Crippen molar-refractivity contribution in [2.75, 3.05) is 11.1 Å². The summed E-state index contributed by atoms with van der Waals surface area (Å²) in [7, 11) is 1.90. The molecule has 0 atom stereocenters. The Morgan fingerprint density at radius 1 is 1.39 bits per heavy atom. The van der Waals surface area contributed by atoms with E-state index in [1.54, 1.807) is 18.6 Å². The Bertz CT molecular complexity index is 682. The van der Waals surface area contributed by atoms with Crippen LogP contribution in [-0.4, -0.2) is 24.1 Å². The van der Waals surface area contributed by atoms with Gasteiger partial charge in [-0.1, -0.05) is 0 Å². The molecule has 18 heavy (non-hydrogen) atoms. The number of rotatable bonds is 3. The molecule has 0 spiro atoms. The fourth-order valence-corrected chi connectivity index (χ4v) is 1.82. The van der Waals surface area contributed by atoms with Crippen LogP contribution in [0.4, 0.5) is 11.6 Å². The molecule has 0 saturated carbocycles. The number of hydrogen-bond acceptors (Lipinski definition) is 5. The maximum Gasteiger partial charge on any atom is 0.180 e. The van der Waals surface area contributed by atoms with E-state index in [-0.39, 0.29) is 0 Å². The summed E-state index contributed by atoms with van der Waals surface area (Å²) >= 11 is 0. The minimum atomic E-state index is 0.452. The van der Waals surface area contributed by atoms with Crippen LogP contribution in [0.1, 0.15) is 5.69 Å². The topological polar surface area (TPSA) is 86.1 Å². The van der Waals surface area contributed by atoms with Gasteiger partial charge in [-0.3, -0.25) is 4.68 Å². The van der Waals surface area contributed by atoms with E-state index in [0.717, 1.165) is 11.3 Å². The summed E-state index contributed by atoms with van der Waals surface area (Å²) < 4.78 is 3.65. The third kappa shape index (κ3) is 1.75. The summed E-state index contributed by atoms with van der Waals surface area (Å²) in [5, 5.41) is 7.33. The molecule has 0 fully saturated rings. The van der Waals surface area contributed by atoms with E-state index >= 15 is 0 Å². The lowest BCUT2D eigenvalue weighted by Crippen LogP contribution is -2.09. The van der Waals surface area contributed by atoms with E-state index < -0.39 is 0 Å². The van der Waals surface area contributed by atoms with E-state index in [0.29, 0.717) is 18.2 Å². The molecule has 3 aromatic heterocycles. The van der Waals surface area contributed by atoms with Crippen LogP contribution >= 0.6 is 0 Å². The van der Waals surface area contributed by atoms with Crippen molar-refractivity contribution in [3.05, 3.63) is 36.5 Å². The van der Waals surface area contributed by atoms with Gasteiger partial charge in [0.2, 0.25) is 0 Å². The SMILES string of the molecule is Cn1nccc1CNc1nc(N)cn2ccnc12. The van der Waals surface area contributed by atoms with Crippen LogP contribution in [0.3, 0.4) is 0 Å². The van der Waals surface area contributed by atoms with E-state index in [1.807, 2.05) is 28.4 Å². The van der Waals surface area contributed by atoms with Crippen LogP contribution in [0.25, 0.3) is 5.65 Å². The van der Waals surface area contributed by atoms with Crippen molar-refractivity contribution in [2.24, 2.45) is 7.05 Å². The lowest BCUT2D eigenvalue weighted by atomic mass is 10.4. The number of fused-ring (bicyclic) bond motifs is 1. The molecule has 0 amide bonds. The minimum absolute atomic E-state index is 0.452. The second kappa shape index (κ2) is 4.02. The average molecular weight is 243 g/mol. The molecule has 0 aliphatic rings. The van der Waals surface area contributed by atoms with Crippen LogP contribution in [0, 0.1) is 0 Å².